The molecule has 3 N–H and O–H groups in total. The fourth-order valence-corrected chi connectivity index (χ4v) is 1.97. The zero-order chi connectivity index (χ0) is 13.7. The lowest BCUT2D eigenvalue weighted by Gasteiger charge is -2.23. The van der Waals surface area contributed by atoms with Gasteiger partial charge in [-0.1, -0.05) is 0 Å². The van der Waals surface area contributed by atoms with Crippen molar-refractivity contribution in [2.75, 3.05) is 39.5 Å². The quantitative estimate of drug-likeness (QED) is 0.621. The van der Waals surface area contributed by atoms with E-state index in [-0.39, 0.29) is 17.1 Å². The van der Waals surface area contributed by atoms with Gasteiger partial charge in [-0.2, -0.15) is 0 Å². The molecule has 1 heterocycles. The van der Waals surface area contributed by atoms with Crippen molar-refractivity contribution in [3.63, 3.8) is 0 Å². The predicted octanol–water partition coefficient (Wildman–Crippen LogP) is -0.830. The van der Waals surface area contributed by atoms with Crippen molar-refractivity contribution in [2.45, 2.75) is 0 Å². The number of phenolic OH excluding ortho intramolecular Hbond substituents is 2. The molecule has 0 bridgehead atoms. The van der Waals surface area contributed by atoms with Crippen molar-refractivity contribution in [3.05, 3.63) is 23.8 Å². The van der Waals surface area contributed by atoms with Crippen LogP contribution in [0.5, 0.6) is 11.5 Å². The highest BCUT2D eigenvalue weighted by molar-refractivity contribution is 5.92. The van der Waals surface area contributed by atoms with Crippen molar-refractivity contribution in [1.82, 2.24) is 0 Å². The van der Waals surface area contributed by atoms with Crippen LogP contribution in [-0.2, 0) is 9.47 Å². The number of hydrogen-bond acceptors (Lipinski definition) is 5. The number of quaternary nitrogens is 1. The van der Waals surface area contributed by atoms with Crippen LogP contribution in [0.25, 0.3) is 0 Å². The van der Waals surface area contributed by atoms with Gasteiger partial charge in [0.05, 0.1) is 13.2 Å². The van der Waals surface area contributed by atoms with Crippen molar-refractivity contribution in [2.24, 2.45) is 0 Å². The topological polar surface area (TPSA) is 80.4 Å². The fraction of sp³-hybridized carbons (Fsp3) is 0.462. The standard InChI is InChI=1S/C13H17NO5/c15-10-1-2-11(12(16)9-10)13(17)19-8-5-14-3-6-18-7-4-14/h1-2,9,15-16H,3-8H2/p+1. The average Bonchev–Trinajstić information content (AvgIpc) is 2.39. The van der Waals surface area contributed by atoms with Crippen LogP contribution >= 0.6 is 0 Å². The van der Waals surface area contributed by atoms with E-state index in [1.165, 1.54) is 17.0 Å². The zero-order valence-electron chi connectivity index (χ0n) is 10.6. The highest BCUT2D eigenvalue weighted by atomic mass is 16.5. The molecule has 1 aliphatic heterocycles. The maximum Gasteiger partial charge on any atom is 0.342 e. The van der Waals surface area contributed by atoms with Gasteiger partial charge in [0.1, 0.15) is 43.3 Å². The SMILES string of the molecule is O=C(OCC[NH+]1CCOCC1)c1ccc(O)cc1O. The van der Waals surface area contributed by atoms with Gasteiger partial charge in [-0.05, 0) is 12.1 Å². The second-order valence-electron chi connectivity index (χ2n) is 4.45. The molecule has 19 heavy (non-hydrogen) atoms. The number of rotatable bonds is 4. The van der Waals surface area contributed by atoms with Gasteiger partial charge in [-0.15, -0.1) is 0 Å². The highest BCUT2D eigenvalue weighted by Gasteiger charge is 2.16. The Morgan fingerprint density at radius 3 is 2.74 bits per heavy atom. The van der Waals surface area contributed by atoms with Gasteiger partial charge in [0.2, 0.25) is 0 Å². The fourth-order valence-electron chi connectivity index (χ4n) is 1.97. The number of aromatic hydroxyl groups is 2. The molecule has 1 fully saturated rings. The molecule has 6 nitrogen and oxygen atoms in total. The highest BCUT2D eigenvalue weighted by Crippen LogP contribution is 2.22. The Kier molecular flexibility index (Phi) is 4.59. The van der Waals surface area contributed by atoms with Crippen molar-refractivity contribution >= 4 is 5.97 Å². The third-order valence-corrected chi connectivity index (χ3v) is 3.09. The summed E-state index contributed by atoms with van der Waals surface area (Å²) in [7, 11) is 0. The third-order valence-electron chi connectivity index (χ3n) is 3.09. The Balaban J connectivity index is 1.80. The molecule has 1 saturated heterocycles. The second-order valence-corrected chi connectivity index (χ2v) is 4.45. The van der Waals surface area contributed by atoms with E-state index in [1.54, 1.807) is 0 Å². The lowest BCUT2D eigenvalue weighted by Crippen LogP contribution is -3.14. The Morgan fingerprint density at radius 2 is 2.05 bits per heavy atom. The first-order chi connectivity index (χ1) is 9.16. The predicted molar refractivity (Wildman–Crippen MR) is 66.4 cm³/mol. The summed E-state index contributed by atoms with van der Waals surface area (Å²) in [6.07, 6.45) is 0. The van der Waals surface area contributed by atoms with E-state index in [2.05, 4.69) is 0 Å². The lowest BCUT2D eigenvalue weighted by atomic mass is 10.2. The Morgan fingerprint density at radius 1 is 1.32 bits per heavy atom. The maximum absolute atomic E-state index is 11.7. The van der Waals surface area contributed by atoms with Crippen LogP contribution in [0.4, 0.5) is 0 Å². The molecular formula is C13H18NO5+. The Hall–Kier alpha value is -1.79. The second kappa shape index (κ2) is 6.40. The van der Waals surface area contributed by atoms with Crippen LogP contribution in [-0.4, -0.2) is 55.6 Å². The number of morpholine rings is 1. The summed E-state index contributed by atoms with van der Waals surface area (Å²) in [5.74, 6) is -0.944. The number of esters is 1. The summed E-state index contributed by atoms with van der Waals surface area (Å²) in [5, 5.41) is 18.7. The lowest BCUT2D eigenvalue weighted by molar-refractivity contribution is -0.908. The largest absolute Gasteiger partial charge is 0.508 e. The van der Waals surface area contributed by atoms with E-state index in [0.717, 1.165) is 38.9 Å². The van der Waals surface area contributed by atoms with Crippen LogP contribution in [0, 0.1) is 0 Å². The molecule has 0 saturated carbocycles. The zero-order valence-corrected chi connectivity index (χ0v) is 10.6. The molecule has 6 heteroatoms. The molecular weight excluding hydrogens is 250 g/mol. The first-order valence-corrected chi connectivity index (χ1v) is 6.27. The minimum absolute atomic E-state index is 0.0646. The molecule has 0 aliphatic carbocycles. The van der Waals surface area contributed by atoms with Crippen molar-refractivity contribution in [1.29, 1.82) is 0 Å². The maximum atomic E-state index is 11.7. The van der Waals surface area contributed by atoms with E-state index in [0.29, 0.717) is 6.61 Å². The Bertz CT molecular complexity index is 443. The molecule has 0 spiro atoms. The minimum atomic E-state index is -0.579. The first kappa shape index (κ1) is 13.6. The summed E-state index contributed by atoms with van der Waals surface area (Å²) in [6.45, 7) is 4.34. The van der Waals surface area contributed by atoms with Gasteiger partial charge in [-0.25, -0.2) is 4.79 Å². The summed E-state index contributed by atoms with van der Waals surface area (Å²) in [6, 6.07) is 3.79. The molecule has 1 aliphatic rings. The number of hydrogen-bond donors (Lipinski definition) is 3. The minimum Gasteiger partial charge on any atom is -0.508 e. The van der Waals surface area contributed by atoms with Crippen LogP contribution in [0.15, 0.2) is 18.2 Å². The van der Waals surface area contributed by atoms with Gasteiger partial charge < -0.3 is 24.6 Å². The molecule has 0 radical (unpaired) electrons. The van der Waals surface area contributed by atoms with Crippen LogP contribution in [0.2, 0.25) is 0 Å². The molecule has 0 unspecified atom stereocenters. The van der Waals surface area contributed by atoms with Crippen molar-refractivity contribution in [3.8, 4) is 11.5 Å². The van der Waals surface area contributed by atoms with E-state index < -0.39 is 5.97 Å². The third kappa shape index (κ3) is 3.84. The number of nitrogens with one attached hydrogen (secondary N) is 1. The monoisotopic (exact) mass is 268 g/mol. The molecule has 2 rings (SSSR count). The number of carbonyl (C=O) groups is 1. The van der Waals surface area contributed by atoms with Crippen LogP contribution in [0.1, 0.15) is 10.4 Å². The molecule has 1 aromatic carbocycles. The summed E-state index contributed by atoms with van der Waals surface area (Å²) >= 11 is 0. The van der Waals surface area contributed by atoms with Gasteiger partial charge >= 0.3 is 5.97 Å². The summed E-state index contributed by atoms with van der Waals surface area (Å²) in [4.78, 5) is 13.1. The van der Waals surface area contributed by atoms with Gasteiger partial charge in [0.25, 0.3) is 0 Å². The normalized spacial score (nSPS) is 16.2. The Labute approximate surface area is 111 Å². The van der Waals surface area contributed by atoms with E-state index in [9.17, 15) is 9.90 Å². The van der Waals surface area contributed by atoms with Gasteiger partial charge in [-0.3, -0.25) is 0 Å². The molecule has 104 valence electrons. The van der Waals surface area contributed by atoms with Gasteiger partial charge in [0, 0.05) is 6.07 Å². The number of benzene rings is 1. The van der Waals surface area contributed by atoms with E-state index >= 15 is 0 Å². The number of phenols is 2. The molecule has 0 aromatic heterocycles. The molecule has 0 atom stereocenters. The smallest absolute Gasteiger partial charge is 0.342 e. The van der Waals surface area contributed by atoms with E-state index in [1.807, 2.05) is 0 Å². The summed E-state index contributed by atoms with van der Waals surface area (Å²) in [5.41, 5.74) is 0.0646. The summed E-state index contributed by atoms with van der Waals surface area (Å²) < 4.78 is 10.3. The number of ether oxygens (including phenoxy) is 2. The first-order valence-electron chi connectivity index (χ1n) is 6.27. The molecule has 0 amide bonds. The average molecular weight is 268 g/mol. The van der Waals surface area contributed by atoms with Crippen LogP contribution in [0.3, 0.4) is 0 Å². The number of carbonyl (C=O) groups excluding carboxylic acids is 1. The van der Waals surface area contributed by atoms with Gasteiger partial charge in [0.15, 0.2) is 0 Å². The van der Waals surface area contributed by atoms with Crippen molar-refractivity contribution < 1.29 is 29.4 Å². The molecule has 1 aromatic rings. The van der Waals surface area contributed by atoms with Crippen LogP contribution < -0.4 is 4.90 Å². The van der Waals surface area contributed by atoms with E-state index in [4.69, 9.17) is 14.6 Å².